The molecule has 1 aromatic rings. The Balaban J connectivity index is 1.62. The standard InChI is InChI=1S/C20H30N2O3/c1-22(2)19-16(21-18(23)12-14-8-6-7-9-14)13-17(20(19)24)25-15-10-4-3-5-11-15/h3-5,10-11,14,16-17,19-20,24H,6-9,12-13H2,1-2H3,(H,21,23)/t16-,17-,19+,20+/m1/s1. The molecular weight excluding hydrogens is 316 g/mol. The zero-order valence-electron chi connectivity index (χ0n) is 15.2. The van der Waals surface area contributed by atoms with E-state index in [1.54, 1.807) is 0 Å². The molecule has 138 valence electrons. The first kappa shape index (κ1) is 18.2. The van der Waals surface area contributed by atoms with Gasteiger partial charge in [-0.1, -0.05) is 31.0 Å². The van der Waals surface area contributed by atoms with Crippen LogP contribution in [0.15, 0.2) is 30.3 Å². The lowest BCUT2D eigenvalue weighted by atomic mass is 10.0. The number of benzene rings is 1. The van der Waals surface area contributed by atoms with Crippen LogP contribution in [-0.2, 0) is 4.79 Å². The van der Waals surface area contributed by atoms with Crippen molar-refractivity contribution in [3.05, 3.63) is 30.3 Å². The van der Waals surface area contributed by atoms with Crippen molar-refractivity contribution in [2.45, 2.75) is 62.8 Å². The number of aliphatic hydroxyl groups excluding tert-OH is 1. The number of amides is 1. The number of hydrogen-bond donors (Lipinski definition) is 2. The molecule has 0 heterocycles. The first-order valence-corrected chi connectivity index (χ1v) is 9.40. The largest absolute Gasteiger partial charge is 0.488 e. The maximum Gasteiger partial charge on any atom is 0.220 e. The van der Waals surface area contributed by atoms with Crippen LogP contribution in [0.2, 0.25) is 0 Å². The molecule has 5 heteroatoms. The minimum atomic E-state index is -0.632. The summed E-state index contributed by atoms with van der Waals surface area (Å²) in [5.74, 6) is 1.39. The average molecular weight is 346 g/mol. The molecule has 1 aromatic carbocycles. The molecular formula is C20H30N2O3. The molecule has 5 nitrogen and oxygen atoms in total. The van der Waals surface area contributed by atoms with Crippen LogP contribution in [0.3, 0.4) is 0 Å². The third-order valence-corrected chi connectivity index (χ3v) is 5.55. The first-order chi connectivity index (χ1) is 12.0. The van der Waals surface area contributed by atoms with Crippen LogP contribution >= 0.6 is 0 Å². The van der Waals surface area contributed by atoms with Gasteiger partial charge in [-0.05, 0) is 45.0 Å². The summed E-state index contributed by atoms with van der Waals surface area (Å²) in [6.45, 7) is 0. The molecule has 1 amide bonds. The number of hydrogen-bond acceptors (Lipinski definition) is 4. The summed E-state index contributed by atoms with van der Waals surface area (Å²) < 4.78 is 5.99. The maximum atomic E-state index is 12.4. The highest BCUT2D eigenvalue weighted by molar-refractivity contribution is 5.76. The lowest BCUT2D eigenvalue weighted by molar-refractivity contribution is -0.123. The maximum absolute atomic E-state index is 12.4. The lowest BCUT2D eigenvalue weighted by Crippen LogP contribution is -2.51. The van der Waals surface area contributed by atoms with E-state index in [0.717, 1.165) is 18.6 Å². The number of carbonyl (C=O) groups excluding carboxylic acids is 1. The predicted molar refractivity (Wildman–Crippen MR) is 97.5 cm³/mol. The van der Waals surface area contributed by atoms with Crippen LogP contribution in [-0.4, -0.2) is 54.3 Å². The van der Waals surface area contributed by atoms with Crippen molar-refractivity contribution in [3.63, 3.8) is 0 Å². The Morgan fingerprint density at radius 1 is 1.24 bits per heavy atom. The Morgan fingerprint density at radius 3 is 2.56 bits per heavy atom. The SMILES string of the molecule is CN(C)[C@@H]1[C@@H](O)[C@H](Oc2ccccc2)C[C@H]1NC(=O)CC1CCCC1. The van der Waals surface area contributed by atoms with E-state index >= 15 is 0 Å². The number of nitrogens with zero attached hydrogens (tertiary/aromatic N) is 1. The Bertz CT molecular complexity index is 557. The zero-order valence-corrected chi connectivity index (χ0v) is 15.2. The van der Waals surface area contributed by atoms with Crippen LogP contribution in [0.25, 0.3) is 0 Å². The summed E-state index contributed by atoms with van der Waals surface area (Å²) in [6.07, 6.45) is 5.10. The number of aliphatic hydroxyl groups is 1. The molecule has 0 saturated heterocycles. The number of para-hydroxylation sites is 1. The monoisotopic (exact) mass is 346 g/mol. The highest BCUT2D eigenvalue weighted by Crippen LogP contribution is 2.30. The molecule has 0 aromatic heterocycles. The molecule has 0 radical (unpaired) electrons. The highest BCUT2D eigenvalue weighted by Gasteiger charge is 2.45. The predicted octanol–water partition coefficient (Wildman–Crippen LogP) is 2.19. The van der Waals surface area contributed by atoms with Gasteiger partial charge in [-0.3, -0.25) is 4.79 Å². The second kappa shape index (κ2) is 8.19. The Labute approximate surface area is 150 Å². The van der Waals surface area contributed by atoms with E-state index < -0.39 is 6.10 Å². The minimum absolute atomic E-state index is 0.0902. The van der Waals surface area contributed by atoms with Gasteiger partial charge in [0, 0.05) is 12.8 Å². The van der Waals surface area contributed by atoms with Gasteiger partial charge in [0.05, 0.1) is 12.1 Å². The summed E-state index contributed by atoms with van der Waals surface area (Å²) in [5.41, 5.74) is 0. The number of carbonyl (C=O) groups is 1. The topological polar surface area (TPSA) is 61.8 Å². The average Bonchev–Trinajstić information content (AvgIpc) is 3.17. The van der Waals surface area contributed by atoms with Crippen molar-refractivity contribution in [2.75, 3.05) is 14.1 Å². The summed E-state index contributed by atoms with van der Waals surface area (Å²) in [5, 5.41) is 13.9. The summed E-state index contributed by atoms with van der Waals surface area (Å²) >= 11 is 0. The van der Waals surface area contributed by atoms with Crippen molar-refractivity contribution in [1.29, 1.82) is 0 Å². The van der Waals surface area contributed by atoms with Gasteiger partial charge in [0.2, 0.25) is 5.91 Å². The molecule has 2 saturated carbocycles. The van der Waals surface area contributed by atoms with E-state index in [0.29, 0.717) is 18.8 Å². The molecule has 0 spiro atoms. The van der Waals surface area contributed by atoms with Gasteiger partial charge < -0.3 is 20.1 Å². The van der Waals surface area contributed by atoms with E-state index in [1.807, 2.05) is 49.3 Å². The molecule has 2 fully saturated rings. The fourth-order valence-corrected chi connectivity index (χ4v) is 4.33. The second-order valence-corrected chi connectivity index (χ2v) is 7.68. The van der Waals surface area contributed by atoms with Crippen LogP contribution in [0, 0.1) is 5.92 Å². The van der Waals surface area contributed by atoms with Gasteiger partial charge in [0.25, 0.3) is 0 Å². The second-order valence-electron chi connectivity index (χ2n) is 7.68. The Kier molecular flexibility index (Phi) is 5.97. The molecule has 3 rings (SSSR count). The van der Waals surface area contributed by atoms with Gasteiger partial charge in [0.1, 0.15) is 18.0 Å². The van der Waals surface area contributed by atoms with Gasteiger partial charge in [-0.2, -0.15) is 0 Å². The fourth-order valence-electron chi connectivity index (χ4n) is 4.33. The van der Waals surface area contributed by atoms with Crippen molar-refractivity contribution in [3.8, 4) is 5.75 Å². The van der Waals surface area contributed by atoms with E-state index in [-0.39, 0.29) is 24.1 Å². The molecule has 2 N–H and O–H groups in total. The van der Waals surface area contributed by atoms with Gasteiger partial charge in [0.15, 0.2) is 0 Å². The van der Waals surface area contributed by atoms with E-state index in [4.69, 9.17) is 4.74 Å². The van der Waals surface area contributed by atoms with Gasteiger partial charge in [-0.25, -0.2) is 0 Å². The van der Waals surface area contributed by atoms with Crippen LogP contribution in [0.4, 0.5) is 0 Å². The quantitative estimate of drug-likeness (QED) is 0.829. The Morgan fingerprint density at radius 2 is 1.92 bits per heavy atom. The van der Waals surface area contributed by atoms with Crippen LogP contribution in [0.5, 0.6) is 5.75 Å². The lowest BCUT2D eigenvalue weighted by Gasteiger charge is -2.29. The fraction of sp³-hybridized carbons (Fsp3) is 0.650. The first-order valence-electron chi connectivity index (χ1n) is 9.40. The van der Waals surface area contributed by atoms with Crippen molar-refractivity contribution >= 4 is 5.91 Å². The molecule has 0 bridgehead atoms. The number of likely N-dealkylation sites (N-methyl/N-ethyl adjacent to an activating group) is 1. The van der Waals surface area contributed by atoms with E-state index in [9.17, 15) is 9.90 Å². The molecule has 0 aliphatic heterocycles. The normalized spacial score (nSPS) is 29.9. The number of rotatable bonds is 6. The number of ether oxygens (including phenoxy) is 1. The molecule has 4 atom stereocenters. The van der Waals surface area contributed by atoms with Crippen molar-refractivity contribution < 1.29 is 14.6 Å². The van der Waals surface area contributed by atoms with Gasteiger partial charge in [-0.15, -0.1) is 0 Å². The summed E-state index contributed by atoms with van der Waals surface area (Å²) in [7, 11) is 3.88. The van der Waals surface area contributed by atoms with Gasteiger partial charge >= 0.3 is 0 Å². The molecule has 2 aliphatic carbocycles. The molecule has 2 aliphatic rings. The summed E-state index contributed by atoms with van der Waals surface area (Å²) in [4.78, 5) is 14.4. The third kappa shape index (κ3) is 4.53. The third-order valence-electron chi connectivity index (χ3n) is 5.55. The minimum Gasteiger partial charge on any atom is -0.488 e. The van der Waals surface area contributed by atoms with Crippen LogP contribution < -0.4 is 10.1 Å². The zero-order chi connectivity index (χ0) is 17.8. The molecule has 25 heavy (non-hydrogen) atoms. The highest BCUT2D eigenvalue weighted by atomic mass is 16.5. The van der Waals surface area contributed by atoms with Crippen LogP contribution in [0.1, 0.15) is 38.5 Å². The van der Waals surface area contributed by atoms with E-state index in [2.05, 4.69) is 5.32 Å². The number of nitrogens with one attached hydrogen (secondary N) is 1. The molecule has 0 unspecified atom stereocenters. The smallest absolute Gasteiger partial charge is 0.220 e. The van der Waals surface area contributed by atoms with E-state index in [1.165, 1.54) is 12.8 Å². The summed E-state index contributed by atoms with van der Waals surface area (Å²) in [6, 6.07) is 9.33. The van der Waals surface area contributed by atoms with Crippen molar-refractivity contribution in [2.24, 2.45) is 5.92 Å². The van der Waals surface area contributed by atoms with Crippen molar-refractivity contribution in [1.82, 2.24) is 10.2 Å². The Hall–Kier alpha value is -1.59.